The summed E-state index contributed by atoms with van der Waals surface area (Å²) in [6.07, 6.45) is 3.25. The fraction of sp³-hybridized carbons (Fsp3) is 0.500. The highest BCUT2D eigenvalue weighted by Crippen LogP contribution is 2.22. The Morgan fingerprint density at radius 3 is 2.73 bits per heavy atom. The Bertz CT molecular complexity index is 312. The van der Waals surface area contributed by atoms with Gasteiger partial charge in [-0.2, -0.15) is 0 Å². The van der Waals surface area contributed by atoms with Crippen LogP contribution in [-0.4, -0.2) is 11.2 Å². The average molecular weight is 247 g/mol. The molecule has 0 aliphatic carbocycles. The molecule has 0 saturated heterocycles. The highest BCUT2D eigenvalue weighted by molar-refractivity contribution is 6.33. The molecule has 84 valence electrons. The molecule has 0 bridgehead atoms. The topological polar surface area (TPSA) is 20.2 Å². The number of hydrogen-bond donors (Lipinski definition) is 1. The van der Waals surface area contributed by atoms with E-state index in [0.29, 0.717) is 5.02 Å². The first-order valence-corrected chi connectivity index (χ1v) is 6.01. The van der Waals surface area contributed by atoms with Gasteiger partial charge in [-0.05, 0) is 49.4 Å². The number of aliphatic hydroxyl groups is 1. The number of aliphatic hydroxyl groups excluding tert-OH is 1. The molecule has 0 aliphatic heterocycles. The van der Waals surface area contributed by atoms with Crippen molar-refractivity contribution >= 4 is 23.2 Å². The first kappa shape index (κ1) is 12.8. The van der Waals surface area contributed by atoms with Gasteiger partial charge in [0, 0.05) is 10.0 Å². The second kappa shape index (κ2) is 6.37. The second-order valence-electron chi connectivity index (χ2n) is 3.69. The fourth-order valence-corrected chi connectivity index (χ4v) is 1.87. The minimum atomic E-state index is -0.192. The van der Waals surface area contributed by atoms with Crippen molar-refractivity contribution in [2.45, 2.75) is 38.7 Å². The standard InChI is InChI=1S/C12H16Cl2O/c1-2-11(15)5-3-4-9-8-10(13)6-7-12(9)14/h6-8,11,15H,2-5H2,1H3. The number of hydrogen-bond acceptors (Lipinski definition) is 1. The Kier molecular flexibility index (Phi) is 5.44. The van der Waals surface area contributed by atoms with Crippen LogP contribution in [0.15, 0.2) is 18.2 Å². The van der Waals surface area contributed by atoms with Crippen molar-refractivity contribution in [3.8, 4) is 0 Å². The van der Waals surface area contributed by atoms with E-state index in [0.717, 1.165) is 36.3 Å². The number of aryl methyl sites for hydroxylation is 1. The molecule has 1 N–H and O–H groups in total. The van der Waals surface area contributed by atoms with Crippen molar-refractivity contribution in [3.63, 3.8) is 0 Å². The molecule has 1 atom stereocenters. The van der Waals surface area contributed by atoms with Crippen molar-refractivity contribution in [2.75, 3.05) is 0 Å². The Balaban J connectivity index is 2.46. The van der Waals surface area contributed by atoms with Gasteiger partial charge in [0.1, 0.15) is 0 Å². The molecule has 1 rings (SSSR count). The Morgan fingerprint density at radius 2 is 2.07 bits per heavy atom. The zero-order chi connectivity index (χ0) is 11.3. The predicted molar refractivity (Wildman–Crippen MR) is 65.7 cm³/mol. The summed E-state index contributed by atoms with van der Waals surface area (Å²) in [5.41, 5.74) is 1.06. The smallest absolute Gasteiger partial charge is 0.0537 e. The first-order chi connectivity index (χ1) is 7.13. The molecule has 0 heterocycles. The Labute approximate surface area is 101 Å². The fourth-order valence-electron chi connectivity index (χ4n) is 1.47. The minimum absolute atomic E-state index is 0.192. The lowest BCUT2D eigenvalue weighted by Crippen LogP contribution is -2.04. The molecule has 0 spiro atoms. The van der Waals surface area contributed by atoms with Crippen LogP contribution in [0.5, 0.6) is 0 Å². The van der Waals surface area contributed by atoms with Gasteiger partial charge in [0.15, 0.2) is 0 Å². The summed E-state index contributed by atoms with van der Waals surface area (Å²) in [7, 11) is 0. The molecule has 0 fully saturated rings. The van der Waals surface area contributed by atoms with Gasteiger partial charge in [0.2, 0.25) is 0 Å². The van der Waals surface area contributed by atoms with Crippen LogP contribution in [0, 0.1) is 0 Å². The number of halogens is 2. The van der Waals surface area contributed by atoms with Crippen LogP contribution >= 0.6 is 23.2 Å². The van der Waals surface area contributed by atoms with E-state index in [9.17, 15) is 5.11 Å². The maximum atomic E-state index is 9.40. The number of rotatable bonds is 5. The molecule has 1 aromatic carbocycles. The molecule has 15 heavy (non-hydrogen) atoms. The van der Waals surface area contributed by atoms with Crippen LogP contribution < -0.4 is 0 Å². The Morgan fingerprint density at radius 1 is 1.33 bits per heavy atom. The third-order valence-electron chi connectivity index (χ3n) is 2.46. The van der Waals surface area contributed by atoms with Gasteiger partial charge in [0.05, 0.1) is 6.10 Å². The van der Waals surface area contributed by atoms with Gasteiger partial charge < -0.3 is 5.11 Å². The largest absolute Gasteiger partial charge is 0.393 e. The van der Waals surface area contributed by atoms with Crippen LogP contribution in [0.3, 0.4) is 0 Å². The summed E-state index contributed by atoms with van der Waals surface area (Å²) in [6.45, 7) is 1.98. The summed E-state index contributed by atoms with van der Waals surface area (Å²) < 4.78 is 0. The van der Waals surface area contributed by atoms with Gasteiger partial charge in [-0.25, -0.2) is 0 Å². The lowest BCUT2D eigenvalue weighted by molar-refractivity contribution is 0.158. The monoisotopic (exact) mass is 246 g/mol. The van der Waals surface area contributed by atoms with Crippen molar-refractivity contribution in [1.82, 2.24) is 0 Å². The first-order valence-electron chi connectivity index (χ1n) is 5.25. The third kappa shape index (κ3) is 4.42. The highest BCUT2D eigenvalue weighted by atomic mass is 35.5. The molecule has 1 nitrogen and oxygen atoms in total. The van der Waals surface area contributed by atoms with E-state index >= 15 is 0 Å². The van der Waals surface area contributed by atoms with Gasteiger partial charge >= 0.3 is 0 Å². The second-order valence-corrected chi connectivity index (χ2v) is 4.53. The van der Waals surface area contributed by atoms with Crippen LogP contribution in [-0.2, 0) is 6.42 Å². The van der Waals surface area contributed by atoms with E-state index in [1.165, 1.54) is 0 Å². The van der Waals surface area contributed by atoms with Gasteiger partial charge in [-0.15, -0.1) is 0 Å². The van der Waals surface area contributed by atoms with E-state index in [1.54, 1.807) is 6.07 Å². The highest BCUT2D eigenvalue weighted by Gasteiger charge is 2.04. The minimum Gasteiger partial charge on any atom is -0.393 e. The van der Waals surface area contributed by atoms with Crippen molar-refractivity contribution in [1.29, 1.82) is 0 Å². The summed E-state index contributed by atoms with van der Waals surface area (Å²) in [4.78, 5) is 0. The lowest BCUT2D eigenvalue weighted by Gasteiger charge is -2.08. The molecule has 0 saturated carbocycles. The van der Waals surface area contributed by atoms with E-state index in [4.69, 9.17) is 23.2 Å². The average Bonchev–Trinajstić information content (AvgIpc) is 2.23. The molecule has 0 radical (unpaired) electrons. The van der Waals surface area contributed by atoms with Gasteiger partial charge in [-0.1, -0.05) is 30.1 Å². The maximum Gasteiger partial charge on any atom is 0.0537 e. The lowest BCUT2D eigenvalue weighted by atomic mass is 10.0. The van der Waals surface area contributed by atoms with Crippen molar-refractivity contribution in [2.24, 2.45) is 0 Å². The Hall–Kier alpha value is -0.240. The van der Waals surface area contributed by atoms with E-state index < -0.39 is 0 Å². The van der Waals surface area contributed by atoms with Crippen LogP contribution in [0.4, 0.5) is 0 Å². The summed E-state index contributed by atoms with van der Waals surface area (Å²) in [5, 5.41) is 10.9. The molecule has 0 amide bonds. The van der Waals surface area contributed by atoms with Gasteiger partial charge in [0.25, 0.3) is 0 Å². The molecular formula is C12H16Cl2O. The molecule has 3 heteroatoms. The van der Waals surface area contributed by atoms with Crippen LogP contribution in [0.2, 0.25) is 10.0 Å². The van der Waals surface area contributed by atoms with Crippen molar-refractivity contribution < 1.29 is 5.11 Å². The summed E-state index contributed by atoms with van der Waals surface area (Å²) in [6, 6.07) is 5.49. The maximum absolute atomic E-state index is 9.40. The number of benzene rings is 1. The summed E-state index contributed by atoms with van der Waals surface area (Å²) in [5.74, 6) is 0. The van der Waals surface area contributed by atoms with Crippen molar-refractivity contribution in [3.05, 3.63) is 33.8 Å². The van der Waals surface area contributed by atoms with Crippen LogP contribution in [0.25, 0.3) is 0 Å². The zero-order valence-electron chi connectivity index (χ0n) is 8.84. The van der Waals surface area contributed by atoms with Crippen LogP contribution in [0.1, 0.15) is 31.7 Å². The molecule has 1 unspecified atom stereocenters. The third-order valence-corrected chi connectivity index (χ3v) is 3.07. The quantitative estimate of drug-likeness (QED) is 0.830. The predicted octanol–water partition coefficient (Wildman–Crippen LogP) is 4.09. The SMILES string of the molecule is CCC(O)CCCc1cc(Cl)ccc1Cl. The van der Waals surface area contributed by atoms with E-state index in [1.807, 2.05) is 19.1 Å². The molecule has 0 aliphatic rings. The van der Waals surface area contributed by atoms with E-state index in [2.05, 4.69) is 0 Å². The molecular weight excluding hydrogens is 231 g/mol. The summed E-state index contributed by atoms with van der Waals surface area (Å²) >= 11 is 11.9. The molecule has 0 aromatic heterocycles. The van der Waals surface area contributed by atoms with E-state index in [-0.39, 0.29) is 6.10 Å². The zero-order valence-corrected chi connectivity index (χ0v) is 10.4. The molecule has 1 aromatic rings. The van der Waals surface area contributed by atoms with Gasteiger partial charge in [-0.3, -0.25) is 0 Å². The normalized spacial score (nSPS) is 12.8.